The highest BCUT2D eigenvalue weighted by molar-refractivity contribution is 5.96. The Bertz CT molecular complexity index is 986. The first-order valence-electron chi connectivity index (χ1n) is 10.1. The largest absolute Gasteiger partial charge is 0.322 e. The van der Waals surface area contributed by atoms with Crippen molar-refractivity contribution in [3.05, 3.63) is 59.7 Å². The number of nitrogens with zero attached hydrogens (tertiary/aromatic N) is 2. The van der Waals surface area contributed by atoms with Crippen molar-refractivity contribution in [3.63, 3.8) is 0 Å². The van der Waals surface area contributed by atoms with E-state index >= 15 is 0 Å². The summed E-state index contributed by atoms with van der Waals surface area (Å²) in [7, 11) is 0. The third kappa shape index (κ3) is 5.48. The van der Waals surface area contributed by atoms with Gasteiger partial charge in [0, 0.05) is 48.2 Å². The molecule has 1 fully saturated rings. The van der Waals surface area contributed by atoms with Crippen LogP contribution in [0.15, 0.2) is 48.5 Å². The van der Waals surface area contributed by atoms with Gasteiger partial charge in [-0.2, -0.15) is 0 Å². The maximum atomic E-state index is 12.7. The van der Waals surface area contributed by atoms with E-state index in [1.54, 1.807) is 58.3 Å². The number of urea groups is 2. The molecule has 1 aliphatic heterocycles. The third-order valence-electron chi connectivity index (χ3n) is 5.26. The summed E-state index contributed by atoms with van der Waals surface area (Å²) in [6, 6.07) is 12.8. The molecule has 0 aromatic heterocycles. The Morgan fingerprint density at radius 2 is 1.19 bits per heavy atom. The second-order valence-corrected chi connectivity index (χ2v) is 7.62. The van der Waals surface area contributed by atoms with Gasteiger partial charge in [0.2, 0.25) is 0 Å². The maximum Gasteiger partial charge on any atom is 0.322 e. The average molecular weight is 422 g/mol. The van der Waals surface area contributed by atoms with E-state index in [1.807, 2.05) is 6.92 Å². The Labute approximate surface area is 181 Å². The van der Waals surface area contributed by atoms with E-state index in [0.717, 1.165) is 0 Å². The molecule has 4 amide bonds. The zero-order chi connectivity index (χ0) is 22.5. The first-order chi connectivity index (χ1) is 14.7. The SMILES string of the molecule is CC(=O)c1ccc(NC(=O)N2CCN(C(=O)Nc3ccc(C(C)=O)cc3)C(C)C2)cc1. The number of hydrogen-bond donors (Lipinski definition) is 2. The van der Waals surface area contributed by atoms with Gasteiger partial charge >= 0.3 is 12.1 Å². The molecule has 1 heterocycles. The number of carbonyl (C=O) groups is 4. The molecule has 0 radical (unpaired) electrons. The fourth-order valence-corrected chi connectivity index (χ4v) is 3.42. The minimum atomic E-state index is -0.248. The molecule has 2 aromatic rings. The van der Waals surface area contributed by atoms with Gasteiger partial charge in [-0.05, 0) is 69.3 Å². The van der Waals surface area contributed by atoms with E-state index in [0.29, 0.717) is 42.1 Å². The summed E-state index contributed by atoms with van der Waals surface area (Å²) in [6.45, 7) is 6.07. The number of amides is 4. The number of nitrogens with one attached hydrogen (secondary N) is 2. The Balaban J connectivity index is 1.54. The van der Waals surface area contributed by atoms with Gasteiger partial charge in [-0.3, -0.25) is 9.59 Å². The average Bonchev–Trinajstić information content (AvgIpc) is 2.74. The zero-order valence-electron chi connectivity index (χ0n) is 17.8. The van der Waals surface area contributed by atoms with Crippen LogP contribution < -0.4 is 10.6 Å². The van der Waals surface area contributed by atoms with Gasteiger partial charge in [0.1, 0.15) is 0 Å². The molecule has 1 saturated heterocycles. The molecule has 8 nitrogen and oxygen atoms in total. The maximum absolute atomic E-state index is 12.7. The second-order valence-electron chi connectivity index (χ2n) is 7.62. The van der Waals surface area contributed by atoms with E-state index in [2.05, 4.69) is 10.6 Å². The lowest BCUT2D eigenvalue weighted by molar-refractivity contribution is 0.100. The summed E-state index contributed by atoms with van der Waals surface area (Å²) in [5, 5.41) is 5.66. The normalized spacial score (nSPS) is 15.9. The molecule has 162 valence electrons. The van der Waals surface area contributed by atoms with Crippen LogP contribution in [0.5, 0.6) is 0 Å². The Hall–Kier alpha value is -3.68. The second kappa shape index (κ2) is 9.42. The van der Waals surface area contributed by atoms with Crippen LogP contribution in [0.3, 0.4) is 0 Å². The van der Waals surface area contributed by atoms with Gasteiger partial charge < -0.3 is 20.4 Å². The lowest BCUT2D eigenvalue weighted by Crippen LogP contribution is -2.57. The highest BCUT2D eigenvalue weighted by Gasteiger charge is 2.30. The van der Waals surface area contributed by atoms with Crippen molar-refractivity contribution in [2.24, 2.45) is 0 Å². The predicted molar refractivity (Wildman–Crippen MR) is 119 cm³/mol. The van der Waals surface area contributed by atoms with Crippen molar-refractivity contribution in [1.29, 1.82) is 0 Å². The Morgan fingerprint density at radius 1 is 0.742 bits per heavy atom. The molecule has 0 saturated carbocycles. The van der Waals surface area contributed by atoms with E-state index in [4.69, 9.17) is 0 Å². The van der Waals surface area contributed by atoms with E-state index < -0.39 is 0 Å². The zero-order valence-corrected chi connectivity index (χ0v) is 17.8. The summed E-state index contributed by atoms with van der Waals surface area (Å²) < 4.78 is 0. The Kier molecular flexibility index (Phi) is 6.69. The van der Waals surface area contributed by atoms with Crippen molar-refractivity contribution in [2.45, 2.75) is 26.8 Å². The lowest BCUT2D eigenvalue weighted by atomic mass is 10.1. The topological polar surface area (TPSA) is 98.8 Å². The molecule has 3 rings (SSSR count). The van der Waals surface area contributed by atoms with Crippen LogP contribution >= 0.6 is 0 Å². The van der Waals surface area contributed by atoms with Gasteiger partial charge in [0.15, 0.2) is 11.6 Å². The minimum absolute atomic E-state index is 0.0316. The predicted octanol–water partition coefficient (Wildman–Crippen LogP) is 3.86. The Morgan fingerprint density at radius 3 is 1.61 bits per heavy atom. The molecule has 0 bridgehead atoms. The van der Waals surface area contributed by atoms with Crippen LogP contribution in [0.4, 0.5) is 21.0 Å². The quantitative estimate of drug-likeness (QED) is 0.731. The van der Waals surface area contributed by atoms with Gasteiger partial charge in [-0.1, -0.05) is 0 Å². The molecule has 8 heteroatoms. The summed E-state index contributed by atoms with van der Waals surface area (Å²) in [6.07, 6.45) is 0. The summed E-state index contributed by atoms with van der Waals surface area (Å²) in [5.41, 5.74) is 2.39. The monoisotopic (exact) mass is 422 g/mol. The molecular formula is C23H26N4O4. The number of benzene rings is 2. The number of anilines is 2. The van der Waals surface area contributed by atoms with Crippen molar-refractivity contribution in [3.8, 4) is 0 Å². The molecule has 1 unspecified atom stereocenters. The number of ketones is 2. The van der Waals surface area contributed by atoms with Crippen LogP contribution in [0, 0.1) is 0 Å². The smallest absolute Gasteiger partial charge is 0.321 e. The van der Waals surface area contributed by atoms with Crippen LogP contribution in [-0.2, 0) is 0 Å². The van der Waals surface area contributed by atoms with Crippen molar-refractivity contribution in [2.75, 3.05) is 30.3 Å². The molecule has 1 atom stereocenters. The van der Waals surface area contributed by atoms with Crippen LogP contribution in [0.2, 0.25) is 0 Å². The van der Waals surface area contributed by atoms with Crippen LogP contribution in [0.1, 0.15) is 41.5 Å². The summed E-state index contributed by atoms with van der Waals surface area (Å²) in [5.74, 6) is -0.0633. The van der Waals surface area contributed by atoms with Crippen LogP contribution in [0.25, 0.3) is 0 Å². The van der Waals surface area contributed by atoms with Crippen molar-refractivity contribution in [1.82, 2.24) is 9.80 Å². The highest BCUT2D eigenvalue weighted by atomic mass is 16.2. The first-order valence-corrected chi connectivity index (χ1v) is 10.1. The molecule has 2 aromatic carbocycles. The van der Waals surface area contributed by atoms with Crippen LogP contribution in [-0.4, -0.2) is 59.1 Å². The third-order valence-corrected chi connectivity index (χ3v) is 5.26. The number of Topliss-reactive ketones (excluding diaryl/α,β-unsaturated/α-hetero) is 2. The lowest BCUT2D eigenvalue weighted by Gasteiger charge is -2.39. The van der Waals surface area contributed by atoms with Gasteiger partial charge in [0.05, 0.1) is 0 Å². The standard InChI is InChI=1S/C23H26N4O4/c1-15-14-26(22(30)24-20-8-4-18(5-9-20)16(2)28)12-13-27(15)23(31)25-21-10-6-19(7-11-21)17(3)29/h4-11,15H,12-14H2,1-3H3,(H,24,30)(H,25,31). The first kappa shape index (κ1) is 22.0. The molecular weight excluding hydrogens is 396 g/mol. The number of piperazine rings is 1. The van der Waals surface area contributed by atoms with Gasteiger partial charge in [-0.15, -0.1) is 0 Å². The number of hydrogen-bond acceptors (Lipinski definition) is 4. The minimum Gasteiger partial charge on any atom is -0.321 e. The van der Waals surface area contributed by atoms with E-state index in [1.165, 1.54) is 13.8 Å². The molecule has 0 spiro atoms. The number of rotatable bonds is 4. The number of carbonyl (C=O) groups excluding carboxylic acids is 4. The molecule has 0 aliphatic carbocycles. The molecule has 2 N–H and O–H groups in total. The van der Waals surface area contributed by atoms with E-state index in [-0.39, 0.29) is 29.7 Å². The van der Waals surface area contributed by atoms with Crippen molar-refractivity contribution < 1.29 is 19.2 Å². The fraction of sp³-hybridized carbons (Fsp3) is 0.304. The van der Waals surface area contributed by atoms with Crippen molar-refractivity contribution >= 4 is 35.0 Å². The van der Waals surface area contributed by atoms with E-state index in [9.17, 15) is 19.2 Å². The van der Waals surface area contributed by atoms with Gasteiger partial charge in [0.25, 0.3) is 0 Å². The summed E-state index contributed by atoms with van der Waals surface area (Å²) in [4.78, 5) is 51.3. The van der Waals surface area contributed by atoms with Gasteiger partial charge in [-0.25, -0.2) is 9.59 Å². The fourth-order valence-electron chi connectivity index (χ4n) is 3.42. The highest BCUT2D eigenvalue weighted by Crippen LogP contribution is 2.16. The summed E-state index contributed by atoms with van der Waals surface area (Å²) >= 11 is 0. The molecule has 31 heavy (non-hydrogen) atoms. The molecule has 1 aliphatic rings.